The Labute approximate surface area is 80.1 Å². The van der Waals surface area contributed by atoms with Gasteiger partial charge >= 0.3 is 0 Å². The first-order valence-corrected chi connectivity index (χ1v) is 3.94. The van der Waals surface area contributed by atoms with Crippen LogP contribution in [0.5, 0.6) is 0 Å². The first-order chi connectivity index (χ1) is 6.15. The van der Waals surface area contributed by atoms with Crippen LogP contribution in [0.25, 0.3) is 0 Å². The molecular formula is C9H6FNOS. The molecule has 0 unspecified atom stereocenters. The van der Waals surface area contributed by atoms with Gasteiger partial charge in [-0.3, -0.25) is 4.79 Å². The van der Waals surface area contributed by atoms with Crippen LogP contribution in [0.4, 0.5) is 10.1 Å². The highest BCUT2D eigenvalue weighted by Gasteiger charge is 2.04. The lowest BCUT2D eigenvalue weighted by molar-refractivity contribution is 0.101. The number of hydrogen-bond donors (Lipinski definition) is 0. The molecule has 0 aromatic heterocycles. The number of carbonyl (C=O) groups is 1. The molecule has 1 aromatic carbocycles. The average molecular weight is 195 g/mol. The molecule has 0 amide bonds. The molecule has 0 heterocycles. The lowest BCUT2D eigenvalue weighted by Gasteiger charge is -1.97. The lowest BCUT2D eigenvalue weighted by Crippen LogP contribution is -1.92. The van der Waals surface area contributed by atoms with Crippen LogP contribution in [-0.4, -0.2) is 10.9 Å². The summed E-state index contributed by atoms with van der Waals surface area (Å²) in [5.41, 5.74) is 0.417. The zero-order chi connectivity index (χ0) is 9.84. The number of ketones is 1. The molecule has 1 aromatic rings. The third-order valence-electron chi connectivity index (χ3n) is 1.52. The van der Waals surface area contributed by atoms with Crippen molar-refractivity contribution >= 4 is 28.8 Å². The van der Waals surface area contributed by atoms with Crippen molar-refractivity contribution in [3.63, 3.8) is 0 Å². The summed E-state index contributed by atoms with van der Waals surface area (Å²) in [5, 5.41) is 2.06. The summed E-state index contributed by atoms with van der Waals surface area (Å²) in [5.74, 6) is -0.748. The van der Waals surface area contributed by atoms with Gasteiger partial charge in [-0.25, -0.2) is 4.39 Å². The van der Waals surface area contributed by atoms with Gasteiger partial charge in [0.2, 0.25) is 0 Å². The number of hydrogen-bond acceptors (Lipinski definition) is 3. The number of aliphatic imine (C=N–C) groups is 1. The van der Waals surface area contributed by atoms with E-state index in [0.29, 0.717) is 5.56 Å². The monoisotopic (exact) mass is 195 g/mol. The topological polar surface area (TPSA) is 29.4 Å². The maximum Gasteiger partial charge on any atom is 0.159 e. The van der Waals surface area contributed by atoms with E-state index in [1.54, 1.807) is 0 Å². The number of Topliss-reactive ketones (excluding diaryl/α,β-unsaturated/α-hetero) is 1. The normalized spacial score (nSPS) is 9.08. The number of rotatable bonds is 2. The smallest absolute Gasteiger partial charge is 0.159 e. The van der Waals surface area contributed by atoms with E-state index in [0.717, 1.165) is 6.07 Å². The molecule has 66 valence electrons. The van der Waals surface area contributed by atoms with Crippen LogP contribution in [0.15, 0.2) is 23.2 Å². The Balaban J connectivity index is 3.19. The summed E-state index contributed by atoms with van der Waals surface area (Å²) < 4.78 is 13.1. The molecule has 4 heteroatoms. The second-order valence-electron chi connectivity index (χ2n) is 2.43. The Morgan fingerprint density at radius 2 is 2.31 bits per heavy atom. The van der Waals surface area contributed by atoms with Crippen LogP contribution in [0.1, 0.15) is 17.3 Å². The van der Waals surface area contributed by atoms with E-state index in [9.17, 15) is 9.18 Å². The maximum atomic E-state index is 13.1. The van der Waals surface area contributed by atoms with Crippen LogP contribution in [0, 0.1) is 5.82 Å². The van der Waals surface area contributed by atoms with Gasteiger partial charge in [-0.05, 0) is 37.3 Å². The fourth-order valence-electron chi connectivity index (χ4n) is 0.866. The first kappa shape index (κ1) is 9.71. The summed E-state index contributed by atoms with van der Waals surface area (Å²) in [6, 6.07) is 4.02. The molecular weight excluding hydrogens is 189 g/mol. The molecule has 0 saturated carbocycles. The zero-order valence-corrected chi connectivity index (χ0v) is 7.69. The van der Waals surface area contributed by atoms with E-state index in [-0.39, 0.29) is 11.5 Å². The van der Waals surface area contributed by atoms with Crippen LogP contribution >= 0.6 is 12.2 Å². The number of nitrogens with zero attached hydrogens (tertiary/aromatic N) is 1. The first-order valence-electron chi connectivity index (χ1n) is 3.53. The van der Waals surface area contributed by atoms with Gasteiger partial charge in [0.05, 0.1) is 5.16 Å². The van der Waals surface area contributed by atoms with Crippen molar-refractivity contribution in [2.75, 3.05) is 0 Å². The van der Waals surface area contributed by atoms with Crippen LogP contribution in [-0.2, 0) is 0 Å². The highest BCUT2D eigenvalue weighted by atomic mass is 32.1. The molecule has 2 nitrogen and oxygen atoms in total. The van der Waals surface area contributed by atoms with Gasteiger partial charge < -0.3 is 0 Å². The van der Waals surface area contributed by atoms with E-state index in [4.69, 9.17) is 0 Å². The molecule has 0 atom stereocenters. The highest BCUT2D eigenvalue weighted by molar-refractivity contribution is 7.78. The molecule has 0 bridgehead atoms. The van der Waals surface area contributed by atoms with Crippen LogP contribution in [0.3, 0.4) is 0 Å². The van der Waals surface area contributed by atoms with Gasteiger partial charge in [-0.2, -0.15) is 4.99 Å². The summed E-state index contributed by atoms with van der Waals surface area (Å²) >= 11 is 4.33. The fourth-order valence-corrected chi connectivity index (χ4v) is 0.964. The van der Waals surface area contributed by atoms with Gasteiger partial charge in [-0.15, -0.1) is 0 Å². The molecule has 13 heavy (non-hydrogen) atoms. The summed E-state index contributed by atoms with van der Waals surface area (Å²) in [6.45, 7) is 1.37. The van der Waals surface area contributed by atoms with Crippen molar-refractivity contribution < 1.29 is 9.18 Å². The summed E-state index contributed by atoms with van der Waals surface area (Å²) in [4.78, 5) is 14.3. The van der Waals surface area contributed by atoms with Crippen molar-refractivity contribution in [2.24, 2.45) is 4.99 Å². The molecule has 0 spiro atoms. The minimum absolute atomic E-state index is 0.0972. The van der Waals surface area contributed by atoms with E-state index in [2.05, 4.69) is 22.4 Å². The fraction of sp³-hybridized carbons (Fsp3) is 0.111. The van der Waals surface area contributed by atoms with E-state index >= 15 is 0 Å². The number of isothiocyanates is 1. The molecule has 0 N–H and O–H groups in total. The summed E-state index contributed by atoms with van der Waals surface area (Å²) in [7, 11) is 0. The average Bonchev–Trinajstić information content (AvgIpc) is 2.08. The van der Waals surface area contributed by atoms with E-state index < -0.39 is 5.82 Å². The Hall–Kier alpha value is -1.38. The third-order valence-corrected chi connectivity index (χ3v) is 1.61. The lowest BCUT2D eigenvalue weighted by atomic mass is 10.1. The molecule has 0 radical (unpaired) electrons. The third kappa shape index (κ3) is 2.28. The predicted octanol–water partition coefficient (Wildman–Crippen LogP) is 2.76. The standard InChI is InChI=1S/C9H6FNOS/c1-6(12)7-2-3-9(11-5-13)8(10)4-7/h2-4H,1H3. The molecule has 0 saturated heterocycles. The Kier molecular flexibility index (Phi) is 3.01. The maximum absolute atomic E-state index is 13.1. The molecule has 1 rings (SSSR count). The van der Waals surface area contributed by atoms with Crippen molar-refractivity contribution in [3.8, 4) is 0 Å². The van der Waals surface area contributed by atoms with Gasteiger partial charge in [0, 0.05) is 5.56 Å². The van der Waals surface area contributed by atoms with Gasteiger partial charge in [0.15, 0.2) is 5.78 Å². The number of halogens is 1. The SMILES string of the molecule is CC(=O)c1ccc(N=C=S)c(F)c1. The largest absolute Gasteiger partial charge is 0.295 e. The van der Waals surface area contributed by atoms with E-state index in [1.165, 1.54) is 19.1 Å². The Morgan fingerprint density at radius 3 is 2.77 bits per heavy atom. The molecule has 0 aliphatic heterocycles. The number of carbonyl (C=O) groups excluding carboxylic acids is 1. The van der Waals surface area contributed by atoms with Crippen molar-refractivity contribution in [2.45, 2.75) is 6.92 Å². The minimum Gasteiger partial charge on any atom is -0.295 e. The predicted molar refractivity (Wildman–Crippen MR) is 51.1 cm³/mol. The molecule has 0 fully saturated rings. The number of thiocarbonyl (C=S) groups is 1. The Bertz CT molecular complexity index is 397. The van der Waals surface area contributed by atoms with E-state index in [1.807, 2.05) is 0 Å². The van der Waals surface area contributed by atoms with Crippen molar-refractivity contribution in [1.29, 1.82) is 0 Å². The summed E-state index contributed by atoms with van der Waals surface area (Å²) in [6.07, 6.45) is 0. The van der Waals surface area contributed by atoms with Gasteiger partial charge in [0.1, 0.15) is 11.5 Å². The van der Waals surface area contributed by atoms with Gasteiger partial charge in [-0.1, -0.05) is 0 Å². The van der Waals surface area contributed by atoms with Gasteiger partial charge in [0.25, 0.3) is 0 Å². The molecule has 0 aliphatic carbocycles. The second-order valence-corrected chi connectivity index (χ2v) is 2.61. The van der Waals surface area contributed by atoms with Crippen molar-refractivity contribution in [3.05, 3.63) is 29.6 Å². The zero-order valence-electron chi connectivity index (χ0n) is 6.87. The minimum atomic E-state index is -0.565. The van der Waals surface area contributed by atoms with Crippen molar-refractivity contribution in [1.82, 2.24) is 0 Å². The highest BCUT2D eigenvalue weighted by Crippen LogP contribution is 2.18. The van der Waals surface area contributed by atoms with Crippen LogP contribution < -0.4 is 0 Å². The van der Waals surface area contributed by atoms with Crippen LogP contribution in [0.2, 0.25) is 0 Å². The quantitative estimate of drug-likeness (QED) is 0.412. The molecule has 0 aliphatic rings. The number of benzene rings is 1. The second kappa shape index (κ2) is 4.03. The Morgan fingerprint density at radius 1 is 1.62 bits per heavy atom.